The Kier molecular flexibility index (Phi) is 4.80. The number of para-hydroxylation sites is 1. The number of rotatable bonds is 4. The van der Waals surface area contributed by atoms with E-state index in [1.165, 1.54) is 6.08 Å². The SMILES string of the molecule is C/C=C/C(=O)Oc1ccccc1C(=[N+]=[N-])c1ccccc1. The van der Waals surface area contributed by atoms with Gasteiger partial charge in [-0.3, -0.25) is 0 Å². The van der Waals surface area contributed by atoms with Gasteiger partial charge in [0.25, 0.3) is 0 Å². The molecule has 0 aliphatic rings. The molecule has 0 spiro atoms. The lowest BCUT2D eigenvalue weighted by atomic mass is 10.0. The number of hydrogen-bond donors (Lipinski definition) is 0. The minimum Gasteiger partial charge on any atom is -0.422 e. The molecule has 0 bridgehead atoms. The monoisotopic (exact) mass is 278 g/mol. The molecule has 0 unspecified atom stereocenters. The van der Waals surface area contributed by atoms with Crippen LogP contribution in [0.5, 0.6) is 5.75 Å². The van der Waals surface area contributed by atoms with Crippen LogP contribution in [-0.2, 0) is 4.79 Å². The second kappa shape index (κ2) is 6.98. The number of carbonyl (C=O) groups is 1. The van der Waals surface area contributed by atoms with Gasteiger partial charge in [0.1, 0.15) is 11.3 Å². The average molecular weight is 278 g/mol. The first-order chi connectivity index (χ1) is 10.3. The Hall–Kier alpha value is -2.97. The van der Waals surface area contributed by atoms with Crippen LogP contribution < -0.4 is 4.74 Å². The second-order valence-electron chi connectivity index (χ2n) is 4.23. The molecule has 0 amide bonds. The van der Waals surface area contributed by atoms with Crippen molar-refractivity contribution >= 4 is 11.7 Å². The number of hydrogen-bond acceptors (Lipinski definition) is 2. The highest BCUT2D eigenvalue weighted by molar-refractivity contribution is 6.11. The van der Waals surface area contributed by atoms with E-state index in [2.05, 4.69) is 4.79 Å². The Labute approximate surface area is 122 Å². The van der Waals surface area contributed by atoms with Crippen LogP contribution in [0.15, 0.2) is 66.7 Å². The van der Waals surface area contributed by atoms with E-state index in [-0.39, 0.29) is 0 Å². The van der Waals surface area contributed by atoms with E-state index in [0.29, 0.717) is 17.0 Å². The third kappa shape index (κ3) is 3.53. The molecule has 0 atom stereocenters. The maximum Gasteiger partial charge on any atom is 0.335 e. The fraction of sp³-hybridized carbons (Fsp3) is 0.0588. The molecule has 0 aromatic heterocycles. The quantitative estimate of drug-likeness (QED) is 0.215. The predicted molar refractivity (Wildman–Crippen MR) is 80.2 cm³/mol. The van der Waals surface area contributed by atoms with Gasteiger partial charge < -0.3 is 10.3 Å². The van der Waals surface area contributed by atoms with E-state index in [4.69, 9.17) is 4.74 Å². The molecular formula is C17H14N2O2. The molecule has 0 heterocycles. The van der Waals surface area contributed by atoms with Gasteiger partial charge in [0, 0.05) is 6.08 Å². The molecule has 0 saturated carbocycles. The zero-order valence-electron chi connectivity index (χ0n) is 11.6. The van der Waals surface area contributed by atoms with Crippen molar-refractivity contribution in [2.45, 2.75) is 6.92 Å². The molecule has 0 fully saturated rings. The summed E-state index contributed by atoms with van der Waals surface area (Å²) in [6.45, 7) is 1.73. The normalized spacial score (nSPS) is 10.1. The Morgan fingerprint density at radius 2 is 1.76 bits per heavy atom. The molecule has 104 valence electrons. The largest absolute Gasteiger partial charge is 0.422 e. The highest BCUT2D eigenvalue weighted by Gasteiger charge is 2.20. The van der Waals surface area contributed by atoms with Crippen molar-refractivity contribution in [3.8, 4) is 5.75 Å². The summed E-state index contributed by atoms with van der Waals surface area (Å²) in [5, 5.41) is 0. The van der Waals surface area contributed by atoms with Crippen LogP contribution in [0.25, 0.3) is 5.53 Å². The van der Waals surface area contributed by atoms with Crippen molar-refractivity contribution in [3.05, 3.63) is 83.4 Å². The zero-order chi connectivity index (χ0) is 15.1. The van der Waals surface area contributed by atoms with E-state index >= 15 is 0 Å². The Bertz CT molecular complexity index is 715. The average Bonchev–Trinajstić information content (AvgIpc) is 2.51. The molecular weight excluding hydrogens is 264 g/mol. The number of carbonyl (C=O) groups excluding carboxylic acids is 1. The van der Waals surface area contributed by atoms with Gasteiger partial charge in [-0.05, 0) is 31.2 Å². The van der Waals surface area contributed by atoms with Crippen LogP contribution in [0.2, 0.25) is 0 Å². The maximum atomic E-state index is 11.6. The van der Waals surface area contributed by atoms with Crippen molar-refractivity contribution in [2.75, 3.05) is 0 Å². The van der Waals surface area contributed by atoms with Gasteiger partial charge in [0.15, 0.2) is 0 Å². The number of allylic oxidation sites excluding steroid dienone is 1. The molecule has 0 aliphatic heterocycles. The van der Waals surface area contributed by atoms with Gasteiger partial charge in [-0.25, -0.2) is 4.79 Å². The Morgan fingerprint density at radius 3 is 2.43 bits per heavy atom. The molecule has 21 heavy (non-hydrogen) atoms. The van der Waals surface area contributed by atoms with Gasteiger partial charge >= 0.3 is 11.7 Å². The lowest BCUT2D eigenvalue weighted by molar-refractivity contribution is -0.129. The highest BCUT2D eigenvalue weighted by Crippen LogP contribution is 2.21. The summed E-state index contributed by atoms with van der Waals surface area (Å²) in [6, 6.07) is 16.1. The smallest absolute Gasteiger partial charge is 0.335 e. The first-order valence-electron chi connectivity index (χ1n) is 6.47. The predicted octanol–water partition coefficient (Wildman–Crippen LogP) is 3.24. The molecule has 4 nitrogen and oxygen atoms in total. The third-order valence-corrected chi connectivity index (χ3v) is 2.80. The summed E-state index contributed by atoms with van der Waals surface area (Å²) in [5.74, 6) is -0.132. The lowest BCUT2D eigenvalue weighted by Crippen LogP contribution is -2.11. The first kappa shape index (κ1) is 14.4. The second-order valence-corrected chi connectivity index (χ2v) is 4.23. The van der Waals surface area contributed by atoms with Gasteiger partial charge in [-0.2, -0.15) is 4.79 Å². The van der Waals surface area contributed by atoms with Gasteiger partial charge in [0.2, 0.25) is 0 Å². The van der Waals surface area contributed by atoms with E-state index < -0.39 is 5.97 Å². The Balaban J connectivity index is 2.44. The number of ether oxygens (including phenoxy) is 1. The van der Waals surface area contributed by atoms with Crippen LogP contribution in [0.1, 0.15) is 18.1 Å². The van der Waals surface area contributed by atoms with Crippen molar-refractivity contribution in [1.82, 2.24) is 0 Å². The summed E-state index contributed by atoms with van der Waals surface area (Å²) < 4.78 is 5.27. The number of nitrogens with zero attached hydrogens (tertiary/aromatic N) is 2. The van der Waals surface area contributed by atoms with Crippen LogP contribution in [0, 0.1) is 0 Å². The summed E-state index contributed by atoms with van der Waals surface area (Å²) in [6.07, 6.45) is 2.93. The van der Waals surface area contributed by atoms with Crippen LogP contribution >= 0.6 is 0 Å². The molecule has 2 rings (SSSR count). The van der Waals surface area contributed by atoms with Crippen LogP contribution in [0.3, 0.4) is 0 Å². The van der Waals surface area contributed by atoms with Gasteiger partial charge in [-0.15, -0.1) is 0 Å². The minimum atomic E-state index is -0.477. The van der Waals surface area contributed by atoms with Crippen molar-refractivity contribution in [3.63, 3.8) is 0 Å². The molecule has 2 aromatic carbocycles. The maximum absolute atomic E-state index is 11.6. The fourth-order valence-electron chi connectivity index (χ4n) is 1.89. The van der Waals surface area contributed by atoms with Crippen molar-refractivity contribution in [2.24, 2.45) is 0 Å². The van der Waals surface area contributed by atoms with E-state index in [1.54, 1.807) is 37.3 Å². The van der Waals surface area contributed by atoms with Gasteiger partial charge in [-0.1, -0.05) is 36.4 Å². The lowest BCUT2D eigenvalue weighted by Gasteiger charge is -2.05. The molecule has 0 radical (unpaired) electrons. The van der Waals surface area contributed by atoms with Crippen molar-refractivity contribution in [1.29, 1.82) is 0 Å². The molecule has 2 aromatic rings. The third-order valence-electron chi connectivity index (χ3n) is 2.80. The molecule has 0 saturated heterocycles. The van der Waals surface area contributed by atoms with E-state index in [0.717, 1.165) is 5.56 Å². The fourth-order valence-corrected chi connectivity index (χ4v) is 1.89. The first-order valence-corrected chi connectivity index (χ1v) is 6.47. The summed E-state index contributed by atoms with van der Waals surface area (Å²) in [4.78, 5) is 15.0. The number of esters is 1. The highest BCUT2D eigenvalue weighted by atomic mass is 16.5. The minimum absolute atomic E-state index is 0.345. The standard InChI is InChI=1S/C17H14N2O2/c1-2-8-16(20)21-15-12-7-6-11-14(15)17(19-18)13-9-4-3-5-10-13/h2-12H,1H3/b8-2+. The summed E-state index contributed by atoms with van der Waals surface area (Å²) in [5.41, 5.74) is 11.0. The molecule has 0 N–H and O–H groups in total. The zero-order valence-corrected chi connectivity index (χ0v) is 11.6. The molecule has 0 aliphatic carbocycles. The van der Waals surface area contributed by atoms with E-state index in [9.17, 15) is 10.3 Å². The summed E-state index contributed by atoms with van der Waals surface area (Å²) in [7, 11) is 0. The van der Waals surface area contributed by atoms with E-state index in [1.807, 2.05) is 30.3 Å². The summed E-state index contributed by atoms with van der Waals surface area (Å²) >= 11 is 0. The van der Waals surface area contributed by atoms with Gasteiger partial charge in [0.05, 0.1) is 5.56 Å². The van der Waals surface area contributed by atoms with Crippen molar-refractivity contribution < 1.29 is 14.3 Å². The number of benzene rings is 2. The topological polar surface area (TPSA) is 62.7 Å². The Morgan fingerprint density at radius 1 is 1.10 bits per heavy atom. The molecule has 4 heteroatoms. The van der Waals surface area contributed by atoms with Crippen LogP contribution in [0.4, 0.5) is 0 Å². The van der Waals surface area contributed by atoms with Crippen LogP contribution in [-0.4, -0.2) is 16.5 Å².